The summed E-state index contributed by atoms with van der Waals surface area (Å²) < 4.78 is 5.29. The zero-order valence-electron chi connectivity index (χ0n) is 13.1. The molecule has 0 amide bonds. The summed E-state index contributed by atoms with van der Waals surface area (Å²) in [5.41, 5.74) is 1.82. The minimum absolute atomic E-state index is 0.214. The Morgan fingerprint density at radius 1 is 1.21 bits per heavy atom. The van der Waals surface area contributed by atoms with E-state index in [-0.39, 0.29) is 17.8 Å². The summed E-state index contributed by atoms with van der Waals surface area (Å²) in [7, 11) is 1.63. The first-order valence-corrected chi connectivity index (χ1v) is 8.16. The summed E-state index contributed by atoms with van der Waals surface area (Å²) in [4.78, 5) is 33.0. The molecular weight excluding hydrogens is 374 g/mol. The first kappa shape index (κ1) is 14.9. The van der Waals surface area contributed by atoms with Gasteiger partial charge in [0, 0.05) is 23.4 Å². The summed E-state index contributed by atoms with van der Waals surface area (Å²) >= 11 is 3.38. The molecule has 7 nitrogen and oxygen atoms in total. The van der Waals surface area contributed by atoms with Gasteiger partial charge in [-0.15, -0.1) is 0 Å². The van der Waals surface area contributed by atoms with Crippen LogP contribution < -0.4 is 11.2 Å². The predicted octanol–water partition coefficient (Wildman–Crippen LogP) is 1.80. The number of benzene rings is 1. The molecule has 4 rings (SSSR count). The molecule has 3 heterocycles. The summed E-state index contributed by atoms with van der Waals surface area (Å²) in [6, 6.07) is 7.53. The zero-order valence-corrected chi connectivity index (χ0v) is 14.7. The number of aromatic amines is 1. The monoisotopic (exact) mass is 387 g/mol. The van der Waals surface area contributed by atoms with Crippen molar-refractivity contribution < 1.29 is 0 Å². The Morgan fingerprint density at radius 3 is 2.62 bits per heavy atom. The minimum Gasteiger partial charge on any atom is -0.328 e. The lowest BCUT2D eigenvalue weighted by atomic mass is 10.2. The van der Waals surface area contributed by atoms with Crippen LogP contribution >= 0.6 is 15.9 Å². The zero-order chi connectivity index (χ0) is 17.0. The molecule has 1 N–H and O–H groups in total. The predicted molar refractivity (Wildman–Crippen MR) is 94.5 cm³/mol. The quantitative estimate of drug-likeness (QED) is 0.569. The summed E-state index contributed by atoms with van der Waals surface area (Å²) in [6.07, 6.45) is 1.81. The fourth-order valence-corrected chi connectivity index (χ4v) is 3.13. The lowest BCUT2D eigenvalue weighted by Gasteiger charge is -2.08. The van der Waals surface area contributed by atoms with E-state index in [0.717, 1.165) is 15.7 Å². The Morgan fingerprint density at radius 2 is 1.92 bits per heavy atom. The van der Waals surface area contributed by atoms with E-state index in [1.807, 2.05) is 31.2 Å². The van der Waals surface area contributed by atoms with Gasteiger partial charge in [-0.3, -0.25) is 18.3 Å². The van der Waals surface area contributed by atoms with Gasteiger partial charge in [0.2, 0.25) is 5.78 Å². The molecule has 0 atom stereocenters. The van der Waals surface area contributed by atoms with Gasteiger partial charge in [-0.2, -0.15) is 4.98 Å². The number of halogens is 1. The highest BCUT2D eigenvalue weighted by Gasteiger charge is 2.18. The number of fused-ring (bicyclic) bond motifs is 3. The number of nitrogens with one attached hydrogen (secondary N) is 1. The van der Waals surface area contributed by atoms with Crippen LogP contribution in [0.3, 0.4) is 0 Å². The van der Waals surface area contributed by atoms with E-state index < -0.39 is 0 Å². The second kappa shape index (κ2) is 5.20. The van der Waals surface area contributed by atoms with Crippen molar-refractivity contribution in [2.45, 2.75) is 13.5 Å². The van der Waals surface area contributed by atoms with Crippen LogP contribution in [0.1, 0.15) is 11.3 Å². The average Bonchev–Trinajstić information content (AvgIpc) is 3.07. The number of imidazole rings is 2. The minimum atomic E-state index is -0.382. The molecule has 8 heteroatoms. The van der Waals surface area contributed by atoms with Crippen LogP contribution in [0.15, 0.2) is 44.5 Å². The molecule has 3 aromatic heterocycles. The van der Waals surface area contributed by atoms with Gasteiger partial charge in [0.15, 0.2) is 11.2 Å². The maximum absolute atomic E-state index is 12.9. The summed E-state index contributed by atoms with van der Waals surface area (Å²) in [5, 5.41) is 0. The van der Waals surface area contributed by atoms with Gasteiger partial charge in [-0.25, -0.2) is 4.79 Å². The van der Waals surface area contributed by atoms with E-state index >= 15 is 0 Å². The molecule has 122 valence electrons. The van der Waals surface area contributed by atoms with Crippen LogP contribution in [0.2, 0.25) is 0 Å². The van der Waals surface area contributed by atoms with Crippen LogP contribution in [0.5, 0.6) is 0 Å². The number of hydrogen-bond donors (Lipinski definition) is 1. The number of aromatic nitrogens is 5. The fraction of sp³-hybridized carbons (Fsp3) is 0.188. The van der Waals surface area contributed by atoms with Gasteiger partial charge < -0.3 is 4.98 Å². The molecule has 24 heavy (non-hydrogen) atoms. The fourth-order valence-electron chi connectivity index (χ4n) is 2.87. The van der Waals surface area contributed by atoms with Crippen molar-refractivity contribution in [1.29, 1.82) is 0 Å². The molecule has 0 radical (unpaired) electrons. The van der Waals surface area contributed by atoms with Crippen LogP contribution in [0.4, 0.5) is 0 Å². The Kier molecular flexibility index (Phi) is 3.24. The maximum Gasteiger partial charge on any atom is 0.332 e. The number of H-pyrrole nitrogens is 1. The molecule has 0 bridgehead atoms. The third-order valence-electron chi connectivity index (χ3n) is 4.06. The molecule has 0 aliphatic rings. The van der Waals surface area contributed by atoms with Crippen molar-refractivity contribution in [2.24, 2.45) is 7.05 Å². The van der Waals surface area contributed by atoms with Crippen molar-refractivity contribution >= 4 is 32.9 Å². The molecule has 0 spiro atoms. The first-order chi connectivity index (χ1) is 11.5. The highest BCUT2D eigenvalue weighted by atomic mass is 79.9. The third-order valence-corrected chi connectivity index (χ3v) is 4.59. The lowest BCUT2D eigenvalue weighted by Crippen LogP contribution is -2.39. The SMILES string of the molecule is Cc1cn2c(nc3c2c(=O)n(Cc2ccc(Br)cc2)c(=O)n3C)[nH]1. The lowest BCUT2D eigenvalue weighted by molar-refractivity contribution is 0.656. The normalized spacial score (nSPS) is 11.6. The van der Waals surface area contributed by atoms with E-state index in [4.69, 9.17) is 0 Å². The molecule has 1 aromatic carbocycles. The van der Waals surface area contributed by atoms with Crippen LogP contribution in [0, 0.1) is 6.92 Å². The van der Waals surface area contributed by atoms with E-state index in [1.54, 1.807) is 17.6 Å². The molecular formula is C16H14BrN5O2. The second-order valence-electron chi connectivity index (χ2n) is 5.77. The van der Waals surface area contributed by atoms with E-state index in [1.165, 1.54) is 9.13 Å². The van der Waals surface area contributed by atoms with Gasteiger partial charge in [0.25, 0.3) is 5.56 Å². The molecule has 0 saturated carbocycles. The molecule has 0 saturated heterocycles. The Labute approximate surface area is 144 Å². The van der Waals surface area contributed by atoms with Crippen molar-refractivity contribution in [1.82, 2.24) is 23.5 Å². The number of rotatable bonds is 2. The third kappa shape index (κ3) is 2.14. The van der Waals surface area contributed by atoms with Crippen molar-refractivity contribution in [3.8, 4) is 0 Å². The van der Waals surface area contributed by atoms with Gasteiger partial charge >= 0.3 is 5.69 Å². The van der Waals surface area contributed by atoms with Crippen molar-refractivity contribution in [2.75, 3.05) is 0 Å². The van der Waals surface area contributed by atoms with E-state index in [2.05, 4.69) is 25.9 Å². The number of aryl methyl sites for hydroxylation is 2. The molecule has 0 aliphatic heterocycles. The number of hydrogen-bond acceptors (Lipinski definition) is 3. The second-order valence-corrected chi connectivity index (χ2v) is 6.69. The van der Waals surface area contributed by atoms with Crippen molar-refractivity contribution in [3.05, 3.63) is 67.0 Å². The van der Waals surface area contributed by atoms with Gasteiger partial charge in [0.05, 0.1) is 6.54 Å². The standard InChI is InChI=1S/C16H14BrN5O2/c1-9-7-21-12-13(19-15(21)18-9)20(2)16(24)22(14(12)23)8-10-3-5-11(17)6-4-10/h3-7H,8H2,1-2H3,(H,18,19). The summed E-state index contributed by atoms with van der Waals surface area (Å²) in [6.45, 7) is 2.11. The van der Waals surface area contributed by atoms with Crippen LogP contribution in [-0.4, -0.2) is 23.5 Å². The molecule has 4 aromatic rings. The number of nitrogens with zero attached hydrogens (tertiary/aromatic N) is 4. The topological polar surface area (TPSA) is 77.1 Å². The Balaban J connectivity index is 2.01. The highest BCUT2D eigenvalue weighted by molar-refractivity contribution is 9.10. The highest BCUT2D eigenvalue weighted by Crippen LogP contribution is 2.13. The van der Waals surface area contributed by atoms with Gasteiger partial charge in [-0.1, -0.05) is 28.1 Å². The first-order valence-electron chi connectivity index (χ1n) is 7.37. The van der Waals surface area contributed by atoms with E-state index in [0.29, 0.717) is 16.9 Å². The van der Waals surface area contributed by atoms with Crippen LogP contribution in [0.25, 0.3) is 16.9 Å². The molecule has 0 fully saturated rings. The molecule has 0 unspecified atom stereocenters. The largest absolute Gasteiger partial charge is 0.332 e. The summed E-state index contributed by atoms with van der Waals surface area (Å²) in [5.74, 6) is 0.552. The smallest absolute Gasteiger partial charge is 0.328 e. The maximum atomic E-state index is 12.9. The van der Waals surface area contributed by atoms with Gasteiger partial charge in [-0.05, 0) is 24.6 Å². The average molecular weight is 388 g/mol. The Bertz CT molecular complexity index is 1190. The van der Waals surface area contributed by atoms with Gasteiger partial charge in [0.1, 0.15) is 0 Å². The van der Waals surface area contributed by atoms with E-state index in [9.17, 15) is 9.59 Å². The van der Waals surface area contributed by atoms with Crippen molar-refractivity contribution in [3.63, 3.8) is 0 Å². The molecule has 0 aliphatic carbocycles. The Hall–Kier alpha value is -2.61. The van der Waals surface area contributed by atoms with Crippen LogP contribution in [-0.2, 0) is 13.6 Å².